The third kappa shape index (κ3) is 6.33. The Balaban J connectivity index is 2.40. The van der Waals surface area contributed by atoms with Gasteiger partial charge in [0.05, 0.1) is 6.54 Å². The molecule has 20 heavy (non-hydrogen) atoms. The molecular formula is C15H22N2O3. The van der Waals surface area contributed by atoms with Crippen LogP contribution in [-0.2, 0) is 16.0 Å². The highest BCUT2D eigenvalue weighted by molar-refractivity contribution is 5.84. The average molecular weight is 278 g/mol. The molecule has 5 nitrogen and oxygen atoms in total. The highest BCUT2D eigenvalue weighted by Crippen LogP contribution is 2.05. The first-order chi connectivity index (χ1) is 9.63. The molecule has 5 heteroatoms. The van der Waals surface area contributed by atoms with E-state index in [2.05, 4.69) is 10.6 Å². The Bertz CT molecular complexity index is 420. The lowest BCUT2D eigenvalue weighted by Crippen LogP contribution is -2.44. The van der Waals surface area contributed by atoms with Gasteiger partial charge in [-0.25, -0.2) is 4.79 Å². The van der Waals surface area contributed by atoms with Gasteiger partial charge in [0.2, 0.25) is 5.91 Å². The van der Waals surface area contributed by atoms with Gasteiger partial charge in [0.25, 0.3) is 0 Å². The summed E-state index contributed by atoms with van der Waals surface area (Å²) in [5, 5.41) is 14.6. The molecule has 0 saturated heterocycles. The van der Waals surface area contributed by atoms with Crippen molar-refractivity contribution in [2.45, 2.75) is 32.2 Å². The lowest BCUT2D eigenvalue weighted by molar-refractivity contribution is -0.141. The van der Waals surface area contributed by atoms with E-state index in [9.17, 15) is 9.59 Å². The Labute approximate surface area is 119 Å². The van der Waals surface area contributed by atoms with Gasteiger partial charge in [-0.05, 0) is 31.4 Å². The van der Waals surface area contributed by atoms with Crippen LogP contribution in [0.2, 0.25) is 0 Å². The molecule has 0 bridgehead atoms. The third-order valence-corrected chi connectivity index (χ3v) is 2.91. The summed E-state index contributed by atoms with van der Waals surface area (Å²) in [6, 6.07) is 8.80. The van der Waals surface area contributed by atoms with Gasteiger partial charge < -0.3 is 15.7 Å². The number of carbonyl (C=O) groups is 2. The lowest BCUT2D eigenvalue weighted by atomic mass is 10.1. The number of carboxylic acid groups (broad SMARTS) is 1. The van der Waals surface area contributed by atoms with Crippen molar-refractivity contribution in [2.24, 2.45) is 0 Å². The molecule has 0 radical (unpaired) electrons. The number of carbonyl (C=O) groups excluding carboxylic acids is 1. The minimum absolute atomic E-state index is 0.156. The van der Waals surface area contributed by atoms with Crippen LogP contribution in [0.5, 0.6) is 0 Å². The quantitative estimate of drug-likeness (QED) is 0.593. The van der Waals surface area contributed by atoms with E-state index in [1.807, 2.05) is 37.3 Å². The molecule has 0 fully saturated rings. The van der Waals surface area contributed by atoms with Crippen LogP contribution >= 0.6 is 0 Å². The first-order valence-corrected chi connectivity index (χ1v) is 6.90. The Morgan fingerprint density at radius 1 is 1.25 bits per heavy atom. The molecule has 1 atom stereocenters. The van der Waals surface area contributed by atoms with E-state index in [0.29, 0.717) is 12.8 Å². The standard InChI is InChI=1S/C15H22N2O3/c1-2-10-16-11-14(18)17-13(15(19)20)9-8-12-6-4-3-5-7-12/h3-7,13,16H,2,8-11H2,1H3,(H,17,18)(H,19,20)/t13-/m0/s1. The fourth-order valence-corrected chi connectivity index (χ4v) is 1.84. The molecule has 1 aromatic rings. The normalized spacial score (nSPS) is 11.8. The first-order valence-electron chi connectivity index (χ1n) is 6.90. The molecule has 0 heterocycles. The van der Waals surface area contributed by atoms with Gasteiger partial charge in [-0.1, -0.05) is 37.3 Å². The van der Waals surface area contributed by atoms with E-state index >= 15 is 0 Å². The minimum Gasteiger partial charge on any atom is -0.480 e. The van der Waals surface area contributed by atoms with Crippen molar-refractivity contribution in [2.75, 3.05) is 13.1 Å². The van der Waals surface area contributed by atoms with Crippen LogP contribution in [0, 0.1) is 0 Å². The maximum atomic E-state index is 11.6. The van der Waals surface area contributed by atoms with Crippen LogP contribution < -0.4 is 10.6 Å². The second-order valence-electron chi connectivity index (χ2n) is 4.66. The molecule has 3 N–H and O–H groups in total. The van der Waals surface area contributed by atoms with Gasteiger partial charge in [-0.3, -0.25) is 4.79 Å². The predicted molar refractivity (Wildman–Crippen MR) is 77.5 cm³/mol. The number of nitrogens with one attached hydrogen (secondary N) is 2. The Hall–Kier alpha value is -1.88. The molecule has 0 aliphatic carbocycles. The number of rotatable bonds is 9. The van der Waals surface area contributed by atoms with Crippen molar-refractivity contribution in [3.63, 3.8) is 0 Å². The number of carboxylic acids is 1. The van der Waals surface area contributed by atoms with Crippen LogP contribution in [0.25, 0.3) is 0 Å². The average Bonchev–Trinajstić information content (AvgIpc) is 2.44. The van der Waals surface area contributed by atoms with Gasteiger partial charge in [0, 0.05) is 0 Å². The molecular weight excluding hydrogens is 256 g/mol. The monoisotopic (exact) mass is 278 g/mol. The molecule has 1 amide bonds. The van der Waals surface area contributed by atoms with E-state index in [-0.39, 0.29) is 12.5 Å². The molecule has 0 aliphatic heterocycles. The van der Waals surface area contributed by atoms with Gasteiger partial charge in [0.1, 0.15) is 6.04 Å². The van der Waals surface area contributed by atoms with E-state index < -0.39 is 12.0 Å². The predicted octanol–water partition coefficient (Wildman–Crippen LogP) is 1.19. The van der Waals surface area contributed by atoms with Crippen molar-refractivity contribution >= 4 is 11.9 Å². The minimum atomic E-state index is -0.996. The summed E-state index contributed by atoms with van der Waals surface area (Å²) in [5.74, 6) is -1.27. The Morgan fingerprint density at radius 3 is 2.55 bits per heavy atom. The van der Waals surface area contributed by atoms with Crippen molar-refractivity contribution in [1.82, 2.24) is 10.6 Å². The molecule has 0 unspecified atom stereocenters. The van der Waals surface area contributed by atoms with E-state index in [1.165, 1.54) is 0 Å². The van der Waals surface area contributed by atoms with Gasteiger partial charge in [0.15, 0.2) is 0 Å². The molecule has 0 aromatic heterocycles. The SMILES string of the molecule is CCCNCC(=O)N[C@@H](CCc1ccccc1)C(=O)O. The summed E-state index contributed by atoms with van der Waals surface area (Å²) < 4.78 is 0. The van der Waals surface area contributed by atoms with E-state index in [4.69, 9.17) is 5.11 Å². The Kier molecular flexibility index (Phi) is 7.35. The Morgan fingerprint density at radius 2 is 1.95 bits per heavy atom. The van der Waals surface area contributed by atoms with Crippen molar-refractivity contribution in [1.29, 1.82) is 0 Å². The number of aliphatic carboxylic acids is 1. The van der Waals surface area contributed by atoms with Gasteiger partial charge >= 0.3 is 5.97 Å². The summed E-state index contributed by atoms with van der Waals surface area (Å²) in [4.78, 5) is 22.8. The number of benzene rings is 1. The zero-order valence-electron chi connectivity index (χ0n) is 11.8. The maximum absolute atomic E-state index is 11.6. The molecule has 110 valence electrons. The smallest absolute Gasteiger partial charge is 0.326 e. The van der Waals surface area contributed by atoms with Crippen molar-refractivity contribution in [3.05, 3.63) is 35.9 Å². The topological polar surface area (TPSA) is 78.4 Å². The molecule has 1 rings (SSSR count). The largest absolute Gasteiger partial charge is 0.480 e. The summed E-state index contributed by atoms with van der Waals surface area (Å²) >= 11 is 0. The van der Waals surface area contributed by atoms with Crippen LogP contribution in [0.3, 0.4) is 0 Å². The van der Waals surface area contributed by atoms with Gasteiger partial charge in [-0.2, -0.15) is 0 Å². The molecule has 0 spiro atoms. The highest BCUT2D eigenvalue weighted by Gasteiger charge is 2.19. The molecule has 1 aromatic carbocycles. The van der Waals surface area contributed by atoms with Crippen molar-refractivity contribution < 1.29 is 14.7 Å². The van der Waals surface area contributed by atoms with Crippen LogP contribution in [0.4, 0.5) is 0 Å². The molecule has 0 aliphatic rings. The fraction of sp³-hybridized carbons (Fsp3) is 0.467. The summed E-state index contributed by atoms with van der Waals surface area (Å²) in [7, 11) is 0. The second kappa shape index (κ2) is 9.09. The zero-order chi connectivity index (χ0) is 14.8. The fourth-order valence-electron chi connectivity index (χ4n) is 1.84. The van der Waals surface area contributed by atoms with Crippen LogP contribution in [0.15, 0.2) is 30.3 Å². The van der Waals surface area contributed by atoms with Crippen molar-refractivity contribution in [3.8, 4) is 0 Å². The lowest BCUT2D eigenvalue weighted by Gasteiger charge is -2.14. The number of aryl methyl sites for hydroxylation is 1. The van der Waals surface area contributed by atoms with E-state index in [0.717, 1.165) is 18.5 Å². The van der Waals surface area contributed by atoms with Gasteiger partial charge in [-0.15, -0.1) is 0 Å². The second-order valence-corrected chi connectivity index (χ2v) is 4.66. The maximum Gasteiger partial charge on any atom is 0.326 e. The number of hydrogen-bond acceptors (Lipinski definition) is 3. The third-order valence-electron chi connectivity index (χ3n) is 2.91. The first kappa shape index (κ1) is 16.2. The zero-order valence-corrected chi connectivity index (χ0v) is 11.8. The summed E-state index contributed by atoms with van der Waals surface area (Å²) in [6.07, 6.45) is 1.95. The van der Waals surface area contributed by atoms with Crippen LogP contribution in [-0.4, -0.2) is 36.1 Å². The van der Waals surface area contributed by atoms with E-state index in [1.54, 1.807) is 0 Å². The number of hydrogen-bond donors (Lipinski definition) is 3. The molecule has 0 saturated carbocycles. The highest BCUT2D eigenvalue weighted by atomic mass is 16.4. The summed E-state index contributed by atoms with van der Waals surface area (Å²) in [5.41, 5.74) is 1.07. The van der Waals surface area contributed by atoms with Crippen LogP contribution in [0.1, 0.15) is 25.3 Å². The number of amides is 1. The summed E-state index contributed by atoms with van der Waals surface area (Å²) in [6.45, 7) is 2.91.